The van der Waals surface area contributed by atoms with Gasteiger partial charge in [-0.15, -0.1) is 23.7 Å². The van der Waals surface area contributed by atoms with E-state index in [-0.39, 0.29) is 12.4 Å². The van der Waals surface area contributed by atoms with Gasteiger partial charge in [0.2, 0.25) is 0 Å². The molecule has 2 heterocycles. The van der Waals surface area contributed by atoms with Gasteiger partial charge in [-0.2, -0.15) is 0 Å². The lowest BCUT2D eigenvalue weighted by molar-refractivity contribution is -0.107. The standard InChI is InChI=1S/C10H11N3OS.ClH/c14-5-2-1-4-11-10-9-8(3-6-15-9)12-7-13-10;/h3,5-7H,1-2,4H2,(H,11,12,13);1H. The van der Waals surface area contributed by atoms with Gasteiger partial charge in [0.15, 0.2) is 0 Å². The highest BCUT2D eigenvalue weighted by atomic mass is 35.5. The van der Waals surface area contributed by atoms with E-state index in [4.69, 9.17) is 0 Å². The number of aromatic nitrogens is 2. The summed E-state index contributed by atoms with van der Waals surface area (Å²) in [5.41, 5.74) is 0.966. The fourth-order valence-corrected chi connectivity index (χ4v) is 2.12. The minimum atomic E-state index is 0. The number of hydrogen-bond acceptors (Lipinski definition) is 5. The third-order valence-corrected chi connectivity index (χ3v) is 2.94. The molecule has 0 unspecified atom stereocenters. The van der Waals surface area contributed by atoms with E-state index in [1.54, 1.807) is 17.7 Å². The molecular weight excluding hydrogens is 246 g/mol. The van der Waals surface area contributed by atoms with Gasteiger partial charge in [0.05, 0.1) is 10.2 Å². The van der Waals surface area contributed by atoms with Crippen LogP contribution in [0.25, 0.3) is 10.2 Å². The van der Waals surface area contributed by atoms with E-state index in [1.165, 1.54) is 0 Å². The molecule has 0 spiro atoms. The summed E-state index contributed by atoms with van der Waals surface area (Å²) in [5, 5.41) is 5.20. The number of carbonyl (C=O) groups is 1. The molecule has 0 atom stereocenters. The van der Waals surface area contributed by atoms with Crippen molar-refractivity contribution in [1.29, 1.82) is 0 Å². The van der Waals surface area contributed by atoms with Gasteiger partial charge in [-0.3, -0.25) is 0 Å². The Morgan fingerprint density at radius 2 is 2.31 bits per heavy atom. The first kappa shape index (κ1) is 12.9. The van der Waals surface area contributed by atoms with Gasteiger partial charge in [0.25, 0.3) is 0 Å². The molecule has 0 amide bonds. The first-order valence-electron chi connectivity index (χ1n) is 4.77. The molecule has 0 saturated carbocycles. The maximum atomic E-state index is 10.1. The third kappa shape index (κ3) is 2.90. The molecule has 4 nitrogen and oxygen atoms in total. The summed E-state index contributed by atoms with van der Waals surface area (Å²) in [6.07, 6.45) is 3.91. The quantitative estimate of drug-likeness (QED) is 0.661. The molecule has 6 heteroatoms. The Morgan fingerprint density at radius 1 is 1.44 bits per heavy atom. The number of nitrogens with one attached hydrogen (secondary N) is 1. The van der Waals surface area contributed by atoms with Crippen molar-refractivity contribution in [2.75, 3.05) is 11.9 Å². The first-order chi connectivity index (χ1) is 7.42. The van der Waals surface area contributed by atoms with E-state index in [0.29, 0.717) is 6.42 Å². The van der Waals surface area contributed by atoms with Crippen molar-refractivity contribution >= 4 is 46.1 Å². The van der Waals surface area contributed by atoms with Crippen molar-refractivity contribution in [3.8, 4) is 0 Å². The summed E-state index contributed by atoms with van der Waals surface area (Å²) >= 11 is 1.62. The van der Waals surface area contributed by atoms with Gasteiger partial charge >= 0.3 is 0 Å². The SMILES string of the molecule is Cl.O=CCCCNc1ncnc2ccsc12. The van der Waals surface area contributed by atoms with Crippen molar-refractivity contribution in [2.24, 2.45) is 0 Å². The molecule has 0 aromatic carbocycles. The highest BCUT2D eigenvalue weighted by molar-refractivity contribution is 7.17. The Morgan fingerprint density at radius 3 is 3.12 bits per heavy atom. The number of unbranched alkanes of at least 4 members (excludes halogenated alkanes) is 1. The second kappa shape index (κ2) is 6.40. The number of nitrogens with zero attached hydrogens (tertiary/aromatic N) is 2. The number of halogens is 1. The van der Waals surface area contributed by atoms with Crippen LogP contribution in [-0.4, -0.2) is 22.8 Å². The molecule has 2 aromatic heterocycles. The Labute approximate surface area is 104 Å². The van der Waals surface area contributed by atoms with E-state index < -0.39 is 0 Å². The first-order valence-corrected chi connectivity index (χ1v) is 5.65. The summed E-state index contributed by atoms with van der Waals surface area (Å²) in [6, 6.07) is 1.97. The van der Waals surface area contributed by atoms with Crippen molar-refractivity contribution in [3.63, 3.8) is 0 Å². The van der Waals surface area contributed by atoms with Crippen LogP contribution in [0.2, 0.25) is 0 Å². The van der Waals surface area contributed by atoms with Gasteiger partial charge < -0.3 is 10.1 Å². The lowest BCUT2D eigenvalue weighted by Crippen LogP contribution is -2.03. The highest BCUT2D eigenvalue weighted by Crippen LogP contribution is 2.24. The summed E-state index contributed by atoms with van der Waals surface area (Å²) < 4.78 is 1.07. The van der Waals surface area contributed by atoms with Gasteiger partial charge in [0, 0.05) is 13.0 Å². The zero-order chi connectivity index (χ0) is 10.5. The second-order valence-corrected chi connectivity index (χ2v) is 4.01. The summed E-state index contributed by atoms with van der Waals surface area (Å²) in [4.78, 5) is 18.5. The largest absolute Gasteiger partial charge is 0.369 e. The number of fused-ring (bicyclic) bond motifs is 1. The molecule has 0 saturated heterocycles. The summed E-state index contributed by atoms with van der Waals surface area (Å²) in [6.45, 7) is 0.767. The van der Waals surface area contributed by atoms with Crippen molar-refractivity contribution in [2.45, 2.75) is 12.8 Å². The molecule has 2 rings (SSSR count). The van der Waals surface area contributed by atoms with Gasteiger partial charge in [0.1, 0.15) is 18.4 Å². The van der Waals surface area contributed by atoms with Crippen LogP contribution < -0.4 is 5.32 Å². The minimum Gasteiger partial charge on any atom is -0.369 e. The summed E-state index contributed by atoms with van der Waals surface area (Å²) in [5.74, 6) is 0.862. The number of hydrogen-bond donors (Lipinski definition) is 1. The molecule has 0 aliphatic rings. The predicted molar refractivity (Wildman–Crippen MR) is 68.5 cm³/mol. The van der Waals surface area contributed by atoms with Gasteiger partial charge in [-0.05, 0) is 17.9 Å². The lowest BCUT2D eigenvalue weighted by Gasteiger charge is -2.03. The molecule has 0 fully saturated rings. The fourth-order valence-electron chi connectivity index (χ4n) is 1.31. The van der Waals surface area contributed by atoms with Crippen LogP contribution in [-0.2, 0) is 4.79 Å². The van der Waals surface area contributed by atoms with Crippen molar-refractivity contribution < 1.29 is 4.79 Å². The Bertz CT molecular complexity index is 460. The predicted octanol–water partition coefficient (Wildman–Crippen LogP) is 2.50. The lowest BCUT2D eigenvalue weighted by atomic mass is 10.3. The van der Waals surface area contributed by atoms with Gasteiger partial charge in [-0.25, -0.2) is 9.97 Å². The van der Waals surface area contributed by atoms with Gasteiger partial charge in [-0.1, -0.05) is 0 Å². The molecule has 2 aromatic rings. The molecule has 0 bridgehead atoms. The average molecular weight is 258 g/mol. The molecule has 0 radical (unpaired) electrons. The molecule has 0 aliphatic carbocycles. The normalized spacial score (nSPS) is 9.75. The maximum Gasteiger partial charge on any atom is 0.147 e. The van der Waals surface area contributed by atoms with Crippen molar-refractivity contribution in [3.05, 3.63) is 17.8 Å². The topological polar surface area (TPSA) is 54.9 Å². The van der Waals surface area contributed by atoms with E-state index in [1.807, 2.05) is 11.4 Å². The second-order valence-electron chi connectivity index (χ2n) is 3.09. The van der Waals surface area contributed by atoms with Crippen molar-refractivity contribution in [1.82, 2.24) is 9.97 Å². The molecule has 0 aliphatic heterocycles. The third-order valence-electron chi connectivity index (χ3n) is 2.03. The molecule has 1 N–H and O–H groups in total. The van der Waals surface area contributed by atoms with Crippen LogP contribution in [0.3, 0.4) is 0 Å². The van der Waals surface area contributed by atoms with Crippen LogP contribution in [0, 0.1) is 0 Å². The van der Waals surface area contributed by atoms with Crippen LogP contribution in [0.1, 0.15) is 12.8 Å². The van der Waals surface area contributed by atoms with Crippen LogP contribution in [0.5, 0.6) is 0 Å². The zero-order valence-corrected chi connectivity index (χ0v) is 10.2. The molecule has 86 valence electrons. The van der Waals surface area contributed by atoms with Crippen LogP contribution in [0.4, 0.5) is 5.82 Å². The van der Waals surface area contributed by atoms with E-state index >= 15 is 0 Å². The number of carbonyl (C=O) groups excluding carboxylic acids is 1. The van der Waals surface area contributed by atoms with Crippen LogP contribution >= 0.6 is 23.7 Å². The van der Waals surface area contributed by atoms with Crippen LogP contribution in [0.15, 0.2) is 17.8 Å². The molecule has 16 heavy (non-hydrogen) atoms. The smallest absolute Gasteiger partial charge is 0.147 e. The van der Waals surface area contributed by atoms with E-state index in [9.17, 15) is 4.79 Å². The Balaban J connectivity index is 0.00000128. The number of aldehydes is 1. The Kier molecular flexibility index (Phi) is 5.14. The van der Waals surface area contributed by atoms with E-state index in [0.717, 1.165) is 35.3 Å². The minimum absolute atomic E-state index is 0. The number of anilines is 1. The fraction of sp³-hybridized carbons (Fsp3) is 0.300. The van der Waals surface area contributed by atoms with E-state index in [2.05, 4.69) is 15.3 Å². The zero-order valence-electron chi connectivity index (χ0n) is 8.55. The number of rotatable bonds is 5. The Hall–Kier alpha value is -1.20. The number of thiophene rings is 1. The maximum absolute atomic E-state index is 10.1. The molecular formula is C10H12ClN3OS. The highest BCUT2D eigenvalue weighted by Gasteiger charge is 2.03. The summed E-state index contributed by atoms with van der Waals surface area (Å²) in [7, 11) is 0. The average Bonchev–Trinajstić information content (AvgIpc) is 2.73. The monoisotopic (exact) mass is 257 g/mol.